The molecular formula is C22H30N2O3. The smallest absolute Gasteiger partial charge is 0.253 e. The zero-order valence-electron chi connectivity index (χ0n) is 16.2. The van der Waals surface area contributed by atoms with Crippen molar-refractivity contribution < 1.29 is 14.3 Å². The fourth-order valence-corrected chi connectivity index (χ4v) is 4.52. The van der Waals surface area contributed by atoms with Gasteiger partial charge in [0, 0.05) is 43.8 Å². The van der Waals surface area contributed by atoms with Gasteiger partial charge in [0.15, 0.2) is 0 Å². The number of aryl methyl sites for hydroxylation is 1. The highest BCUT2D eigenvalue weighted by Gasteiger charge is 2.51. The van der Waals surface area contributed by atoms with Crippen molar-refractivity contribution in [1.29, 1.82) is 0 Å². The van der Waals surface area contributed by atoms with Gasteiger partial charge in [0.25, 0.3) is 5.91 Å². The van der Waals surface area contributed by atoms with Gasteiger partial charge >= 0.3 is 0 Å². The van der Waals surface area contributed by atoms with Gasteiger partial charge in [-0.05, 0) is 55.7 Å². The van der Waals surface area contributed by atoms with Crippen LogP contribution in [0.5, 0.6) is 0 Å². The standard InChI is InChI=1S/C22H30N2O3/c1-2-16-5-7-18(8-6-16)21(26)24-14-19(20(25)23-13-17-3-4-17)22(15-24)9-11-27-12-10-22/h5-8,17,19H,2-4,9-15H2,1H3,(H,23,25)/t19-/m0/s1. The predicted molar refractivity (Wildman–Crippen MR) is 103 cm³/mol. The highest BCUT2D eigenvalue weighted by Crippen LogP contribution is 2.45. The molecule has 2 aliphatic heterocycles. The third-order valence-electron chi connectivity index (χ3n) is 6.61. The zero-order chi connectivity index (χ0) is 18.9. The molecule has 1 N–H and O–H groups in total. The molecule has 2 amide bonds. The van der Waals surface area contributed by atoms with Crippen LogP contribution in [0.25, 0.3) is 0 Å². The van der Waals surface area contributed by atoms with Crippen LogP contribution in [0.4, 0.5) is 0 Å². The van der Waals surface area contributed by atoms with Gasteiger partial charge in [0.2, 0.25) is 5.91 Å². The molecule has 5 nitrogen and oxygen atoms in total. The molecule has 146 valence electrons. The van der Waals surface area contributed by atoms with Crippen LogP contribution in [0, 0.1) is 17.3 Å². The Kier molecular flexibility index (Phi) is 5.22. The van der Waals surface area contributed by atoms with Gasteiger partial charge in [-0.3, -0.25) is 9.59 Å². The number of nitrogens with one attached hydrogen (secondary N) is 1. The summed E-state index contributed by atoms with van der Waals surface area (Å²) in [6.07, 6.45) is 5.12. The minimum atomic E-state index is -0.134. The number of carbonyl (C=O) groups excluding carboxylic acids is 2. The minimum absolute atomic E-state index is 0.0426. The molecule has 1 aromatic carbocycles. The van der Waals surface area contributed by atoms with Crippen molar-refractivity contribution in [2.45, 2.75) is 39.0 Å². The van der Waals surface area contributed by atoms with Crippen molar-refractivity contribution in [2.75, 3.05) is 32.8 Å². The summed E-state index contributed by atoms with van der Waals surface area (Å²) in [5, 5.41) is 3.15. The lowest BCUT2D eigenvalue weighted by Crippen LogP contribution is -2.44. The summed E-state index contributed by atoms with van der Waals surface area (Å²) < 4.78 is 5.56. The Morgan fingerprint density at radius 1 is 1.19 bits per heavy atom. The second-order valence-corrected chi connectivity index (χ2v) is 8.45. The number of rotatable bonds is 5. The van der Waals surface area contributed by atoms with E-state index in [4.69, 9.17) is 4.74 Å². The van der Waals surface area contributed by atoms with Crippen LogP contribution < -0.4 is 5.32 Å². The van der Waals surface area contributed by atoms with E-state index in [2.05, 4.69) is 12.2 Å². The van der Waals surface area contributed by atoms with Gasteiger partial charge in [0.1, 0.15) is 0 Å². The molecule has 0 unspecified atom stereocenters. The summed E-state index contributed by atoms with van der Waals surface area (Å²) in [5.41, 5.74) is 1.81. The number of benzene rings is 1. The lowest BCUT2D eigenvalue weighted by Gasteiger charge is -2.37. The predicted octanol–water partition coefficient (Wildman–Crippen LogP) is 2.64. The average molecular weight is 370 g/mol. The van der Waals surface area contributed by atoms with Crippen LogP contribution >= 0.6 is 0 Å². The van der Waals surface area contributed by atoms with E-state index >= 15 is 0 Å². The van der Waals surface area contributed by atoms with Gasteiger partial charge in [-0.1, -0.05) is 19.1 Å². The van der Waals surface area contributed by atoms with Crippen LogP contribution in [0.1, 0.15) is 48.5 Å². The van der Waals surface area contributed by atoms with Gasteiger partial charge in [-0.15, -0.1) is 0 Å². The quantitative estimate of drug-likeness (QED) is 0.867. The summed E-state index contributed by atoms with van der Waals surface area (Å²) in [7, 11) is 0. The lowest BCUT2D eigenvalue weighted by molar-refractivity contribution is -0.129. The number of hydrogen-bond donors (Lipinski definition) is 1. The maximum absolute atomic E-state index is 13.1. The van der Waals surface area contributed by atoms with E-state index in [1.54, 1.807) is 0 Å². The molecule has 2 saturated heterocycles. The summed E-state index contributed by atoms with van der Waals surface area (Å²) in [6.45, 7) is 5.43. The largest absolute Gasteiger partial charge is 0.381 e. The van der Waals surface area contributed by atoms with Crippen molar-refractivity contribution in [3.8, 4) is 0 Å². The SMILES string of the molecule is CCc1ccc(C(=O)N2C[C@@H](C(=O)NCC3CC3)C3(CCOCC3)C2)cc1. The highest BCUT2D eigenvalue weighted by atomic mass is 16.5. The van der Waals surface area contributed by atoms with Crippen molar-refractivity contribution in [3.63, 3.8) is 0 Å². The second kappa shape index (κ2) is 7.63. The van der Waals surface area contributed by atoms with Gasteiger partial charge in [-0.25, -0.2) is 0 Å². The molecule has 3 fully saturated rings. The summed E-state index contributed by atoms with van der Waals surface area (Å²) in [4.78, 5) is 27.9. The van der Waals surface area contributed by atoms with E-state index in [1.807, 2.05) is 29.2 Å². The first-order chi connectivity index (χ1) is 13.1. The minimum Gasteiger partial charge on any atom is -0.381 e. The average Bonchev–Trinajstić information content (AvgIpc) is 3.47. The van der Waals surface area contributed by atoms with E-state index < -0.39 is 0 Å². The molecule has 5 heteroatoms. The van der Waals surface area contributed by atoms with E-state index in [9.17, 15) is 9.59 Å². The third-order valence-corrected chi connectivity index (χ3v) is 6.61. The summed E-state index contributed by atoms with van der Waals surface area (Å²) in [6, 6.07) is 7.87. The van der Waals surface area contributed by atoms with Crippen molar-refractivity contribution in [1.82, 2.24) is 10.2 Å². The molecular weight excluding hydrogens is 340 g/mol. The monoisotopic (exact) mass is 370 g/mol. The maximum atomic E-state index is 13.1. The van der Waals surface area contributed by atoms with Crippen LogP contribution in [-0.4, -0.2) is 49.6 Å². The normalized spacial score (nSPS) is 24.2. The fourth-order valence-electron chi connectivity index (χ4n) is 4.52. The second-order valence-electron chi connectivity index (χ2n) is 8.45. The van der Waals surface area contributed by atoms with Gasteiger partial charge in [0.05, 0.1) is 5.92 Å². The van der Waals surface area contributed by atoms with Gasteiger partial charge < -0.3 is 15.0 Å². The van der Waals surface area contributed by atoms with Crippen molar-refractivity contribution >= 4 is 11.8 Å². The molecule has 0 radical (unpaired) electrons. The van der Waals surface area contributed by atoms with E-state index in [1.165, 1.54) is 18.4 Å². The Labute approximate surface area is 161 Å². The summed E-state index contributed by atoms with van der Waals surface area (Å²) in [5.74, 6) is 0.705. The Morgan fingerprint density at radius 3 is 2.52 bits per heavy atom. The van der Waals surface area contributed by atoms with Crippen LogP contribution in [0.2, 0.25) is 0 Å². The number of likely N-dealkylation sites (tertiary alicyclic amines) is 1. The Morgan fingerprint density at radius 2 is 1.89 bits per heavy atom. The molecule has 1 spiro atoms. The van der Waals surface area contributed by atoms with E-state index in [0.717, 1.165) is 25.8 Å². The van der Waals surface area contributed by atoms with Crippen LogP contribution in [-0.2, 0) is 16.0 Å². The Bertz CT molecular complexity index is 690. The molecule has 1 atom stereocenters. The highest BCUT2D eigenvalue weighted by molar-refractivity contribution is 5.95. The third kappa shape index (κ3) is 3.88. The number of nitrogens with zero attached hydrogens (tertiary/aromatic N) is 1. The van der Waals surface area contributed by atoms with Crippen LogP contribution in [0.15, 0.2) is 24.3 Å². The fraction of sp³-hybridized carbons (Fsp3) is 0.636. The maximum Gasteiger partial charge on any atom is 0.253 e. The van der Waals surface area contributed by atoms with Crippen LogP contribution in [0.3, 0.4) is 0 Å². The van der Waals surface area contributed by atoms with Gasteiger partial charge in [-0.2, -0.15) is 0 Å². The molecule has 3 aliphatic rings. The van der Waals surface area contributed by atoms with E-state index in [-0.39, 0.29) is 23.1 Å². The number of amides is 2. The zero-order valence-corrected chi connectivity index (χ0v) is 16.2. The van der Waals surface area contributed by atoms with Crippen molar-refractivity contribution in [3.05, 3.63) is 35.4 Å². The molecule has 4 rings (SSSR count). The summed E-state index contributed by atoms with van der Waals surface area (Å²) >= 11 is 0. The molecule has 1 aliphatic carbocycles. The molecule has 0 bridgehead atoms. The molecule has 1 aromatic rings. The molecule has 1 saturated carbocycles. The first-order valence-corrected chi connectivity index (χ1v) is 10.3. The van der Waals surface area contributed by atoms with Crippen molar-refractivity contribution in [2.24, 2.45) is 17.3 Å². The molecule has 0 aromatic heterocycles. The molecule has 2 heterocycles. The topological polar surface area (TPSA) is 58.6 Å². The molecule has 27 heavy (non-hydrogen) atoms. The van der Waals surface area contributed by atoms with E-state index in [0.29, 0.717) is 37.8 Å². The first-order valence-electron chi connectivity index (χ1n) is 10.3. The number of carbonyl (C=O) groups is 2. The number of ether oxygens (including phenoxy) is 1. The Hall–Kier alpha value is -1.88. The lowest BCUT2D eigenvalue weighted by atomic mass is 9.71. The first kappa shape index (κ1) is 18.5. The number of hydrogen-bond acceptors (Lipinski definition) is 3. The Balaban J connectivity index is 1.50.